The van der Waals surface area contributed by atoms with Gasteiger partial charge in [0.05, 0.1) is 0 Å². The Bertz CT molecular complexity index is 341. The number of aryl methyl sites for hydroxylation is 2. The topological polar surface area (TPSA) is 0 Å². The van der Waals surface area contributed by atoms with Crippen molar-refractivity contribution in [3.8, 4) is 0 Å². The van der Waals surface area contributed by atoms with Crippen molar-refractivity contribution in [1.82, 2.24) is 0 Å². The maximum Gasteiger partial charge on any atom is 0.0146 e. The molecule has 82 valence electrons. The van der Waals surface area contributed by atoms with Crippen molar-refractivity contribution in [1.29, 1.82) is 0 Å². The van der Waals surface area contributed by atoms with Crippen LogP contribution in [0.25, 0.3) is 0 Å². The summed E-state index contributed by atoms with van der Waals surface area (Å²) in [5, 5.41) is 0. The van der Waals surface area contributed by atoms with Crippen molar-refractivity contribution in [2.24, 2.45) is 5.92 Å². The van der Waals surface area contributed by atoms with E-state index in [1.54, 1.807) is 11.1 Å². The average molecular weight is 267 g/mol. The third kappa shape index (κ3) is 2.63. The molecule has 1 heteroatoms. The van der Waals surface area contributed by atoms with E-state index in [0.717, 1.165) is 0 Å². The van der Waals surface area contributed by atoms with E-state index in [1.165, 1.54) is 31.2 Å². The largest absolute Gasteiger partial charge is 0.0891 e. The summed E-state index contributed by atoms with van der Waals surface area (Å²) >= 11 is 3.66. The number of rotatable bonds is 3. The van der Waals surface area contributed by atoms with Gasteiger partial charge in [0.25, 0.3) is 0 Å². The first-order valence-corrected chi connectivity index (χ1v) is 6.83. The van der Waals surface area contributed by atoms with Gasteiger partial charge in [-0.05, 0) is 48.3 Å². The summed E-state index contributed by atoms with van der Waals surface area (Å²) in [4.78, 5) is 0.603. The van der Waals surface area contributed by atoms with Crippen molar-refractivity contribution in [3.63, 3.8) is 0 Å². The zero-order valence-electron chi connectivity index (χ0n) is 9.59. The molecule has 0 saturated heterocycles. The highest BCUT2D eigenvalue weighted by molar-refractivity contribution is 9.09. The van der Waals surface area contributed by atoms with Crippen molar-refractivity contribution in [2.45, 2.75) is 44.4 Å². The smallest absolute Gasteiger partial charge is 0.0146 e. The number of alkyl halides is 1. The van der Waals surface area contributed by atoms with Gasteiger partial charge in [0.2, 0.25) is 0 Å². The summed E-state index contributed by atoms with van der Waals surface area (Å²) in [7, 11) is 0. The molecule has 0 fully saturated rings. The molecule has 2 rings (SSSR count). The molecule has 0 amide bonds. The normalized spacial score (nSPS) is 18.6. The quantitative estimate of drug-likeness (QED) is 0.722. The first-order valence-electron chi connectivity index (χ1n) is 5.91. The van der Waals surface area contributed by atoms with Crippen LogP contribution in [0.2, 0.25) is 0 Å². The minimum atomic E-state index is 0.603. The third-order valence-electron chi connectivity index (χ3n) is 3.50. The molecule has 0 bridgehead atoms. The maximum absolute atomic E-state index is 3.66. The van der Waals surface area contributed by atoms with E-state index in [2.05, 4.69) is 48.0 Å². The summed E-state index contributed by atoms with van der Waals surface area (Å²) in [6.07, 6.45) is 5.13. The highest BCUT2D eigenvalue weighted by Gasteiger charge is 2.13. The number of hydrogen-bond acceptors (Lipinski definition) is 0. The fourth-order valence-corrected chi connectivity index (χ4v) is 2.47. The summed E-state index contributed by atoms with van der Waals surface area (Å²) in [6.45, 7) is 4.55. The Kier molecular flexibility index (Phi) is 3.50. The highest BCUT2D eigenvalue weighted by Crippen LogP contribution is 2.25. The molecule has 0 saturated carbocycles. The van der Waals surface area contributed by atoms with Crippen LogP contribution in [0.4, 0.5) is 0 Å². The van der Waals surface area contributed by atoms with Gasteiger partial charge in [0.15, 0.2) is 0 Å². The van der Waals surface area contributed by atoms with Crippen molar-refractivity contribution in [2.75, 3.05) is 0 Å². The summed E-state index contributed by atoms with van der Waals surface area (Å²) in [6, 6.07) is 7.08. The molecule has 0 spiro atoms. The Balaban J connectivity index is 2.10. The predicted octanol–water partition coefficient (Wildman–Crippen LogP) is 4.14. The van der Waals surface area contributed by atoms with Crippen LogP contribution in [-0.4, -0.2) is 4.83 Å². The number of fused-ring (bicyclic) bond motifs is 1. The lowest BCUT2D eigenvalue weighted by molar-refractivity contribution is 0.581. The molecule has 0 heterocycles. The molecule has 0 aromatic heterocycles. The SMILES string of the molecule is CC(Br)C(C)Cc1ccc2c(c1)CCC2. The van der Waals surface area contributed by atoms with Gasteiger partial charge in [-0.3, -0.25) is 0 Å². The lowest BCUT2D eigenvalue weighted by atomic mass is 9.96. The molecule has 1 aromatic carbocycles. The van der Waals surface area contributed by atoms with Crippen molar-refractivity contribution >= 4 is 15.9 Å². The second-order valence-corrected chi connectivity index (χ2v) is 6.26. The minimum Gasteiger partial charge on any atom is -0.0891 e. The first kappa shape index (κ1) is 11.2. The van der Waals surface area contributed by atoms with Gasteiger partial charge >= 0.3 is 0 Å². The second-order valence-electron chi connectivity index (χ2n) is 4.82. The first-order chi connectivity index (χ1) is 7.16. The van der Waals surface area contributed by atoms with E-state index in [9.17, 15) is 0 Å². The molecule has 2 unspecified atom stereocenters. The second kappa shape index (κ2) is 4.69. The van der Waals surface area contributed by atoms with Gasteiger partial charge in [-0.1, -0.05) is 48.0 Å². The number of benzene rings is 1. The Morgan fingerprint density at radius 3 is 2.67 bits per heavy atom. The Hall–Kier alpha value is -0.300. The summed E-state index contributed by atoms with van der Waals surface area (Å²) < 4.78 is 0. The van der Waals surface area contributed by atoms with Gasteiger partial charge in [0.1, 0.15) is 0 Å². The van der Waals surface area contributed by atoms with Gasteiger partial charge in [-0.2, -0.15) is 0 Å². The highest BCUT2D eigenvalue weighted by atomic mass is 79.9. The van der Waals surface area contributed by atoms with E-state index >= 15 is 0 Å². The summed E-state index contributed by atoms with van der Waals surface area (Å²) in [5.74, 6) is 0.712. The van der Waals surface area contributed by atoms with Crippen LogP contribution in [0.15, 0.2) is 18.2 Å². The van der Waals surface area contributed by atoms with Gasteiger partial charge < -0.3 is 0 Å². The maximum atomic E-state index is 3.66. The van der Waals surface area contributed by atoms with Crippen LogP contribution in [0.5, 0.6) is 0 Å². The van der Waals surface area contributed by atoms with E-state index < -0.39 is 0 Å². The van der Waals surface area contributed by atoms with E-state index in [1.807, 2.05) is 0 Å². The van der Waals surface area contributed by atoms with Crippen molar-refractivity contribution < 1.29 is 0 Å². The summed E-state index contributed by atoms with van der Waals surface area (Å²) in [5.41, 5.74) is 4.69. The molecule has 2 atom stereocenters. The number of hydrogen-bond donors (Lipinski definition) is 0. The van der Waals surface area contributed by atoms with Gasteiger partial charge in [0, 0.05) is 4.83 Å². The zero-order chi connectivity index (χ0) is 10.8. The minimum absolute atomic E-state index is 0.603. The van der Waals surface area contributed by atoms with Crippen LogP contribution in [0.1, 0.15) is 37.0 Å². The molecule has 1 aromatic rings. The van der Waals surface area contributed by atoms with Crippen LogP contribution < -0.4 is 0 Å². The molecule has 1 aliphatic rings. The average Bonchev–Trinajstić information content (AvgIpc) is 2.64. The van der Waals surface area contributed by atoms with Crippen LogP contribution in [0, 0.1) is 5.92 Å². The molecular formula is C14H19Br. The van der Waals surface area contributed by atoms with E-state index in [-0.39, 0.29) is 0 Å². The Labute approximate surface area is 101 Å². The van der Waals surface area contributed by atoms with Crippen LogP contribution in [0.3, 0.4) is 0 Å². The lowest BCUT2D eigenvalue weighted by Crippen LogP contribution is -2.09. The fourth-order valence-electron chi connectivity index (χ4n) is 2.29. The Morgan fingerprint density at radius 2 is 1.93 bits per heavy atom. The molecular weight excluding hydrogens is 248 g/mol. The lowest BCUT2D eigenvalue weighted by Gasteiger charge is -2.14. The molecule has 0 N–H and O–H groups in total. The van der Waals surface area contributed by atoms with Gasteiger partial charge in [-0.25, -0.2) is 0 Å². The molecule has 0 radical (unpaired) electrons. The number of halogens is 1. The predicted molar refractivity (Wildman–Crippen MR) is 69.7 cm³/mol. The van der Waals surface area contributed by atoms with E-state index in [4.69, 9.17) is 0 Å². The molecule has 1 aliphatic carbocycles. The standard InChI is InChI=1S/C14H19Br/c1-10(11(2)15)8-12-6-7-13-4-3-5-14(13)9-12/h6-7,9-11H,3-5,8H2,1-2H3. The molecule has 0 aliphatic heterocycles. The fraction of sp³-hybridized carbons (Fsp3) is 0.571. The van der Waals surface area contributed by atoms with E-state index in [0.29, 0.717) is 10.7 Å². The molecule has 0 nitrogen and oxygen atoms in total. The van der Waals surface area contributed by atoms with Crippen LogP contribution in [-0.2, 0) is 19.3 Å². The van der Waals surface area contributed by atoms with Crippen LogP contribution >= 0.6 is 15.9 Å². The van der Waals surface area contributed by atoms with Gasteiger partial charge in [-0.15, -0.1) is 0 Å². The van der Waals surface area contributed by atoms with Crippen molar-refractivity contribution in [3.05, 3.63) is 34.9 Å². The third-order valence-corrected chi connectivity index (χ3v) is 4.41. The zero-order valence-corrected chi connectivity index (χ0v) is 11.2. The molecule has 15 heavy (non-hydrogen) atoms. The Morgan fingerprint density at radius 1 is 1.20 bits per heavy atom. The monoisotopic (exact) mass is 266 g/mol.